The lowest BCUT2D eigenvalue weighted by Gasteiger charge is -2.07. The van der Waals surface area contributed by atoms with Crippen LogP contribution in [0.4, 0.5) is 11.5 Å². The van der Waals surface area contributed by atoms with Crippen LogP contribution >= 0.6 is 0 Å². The summed E-state index contributed by atoms with van der Waals surface area (Å²) < 4.78 is 5.33. The topological polar surface area (TPSA) is 77.2 Å². The summed E-state index contributed by atoms with van der Waals surface area (Å²) in [5.74, 6) is 0.863. The molecule has 0 fully saturated rings. The molecular weight excluding hydrogens is 242 g/mol. The summed E-state index contributed by atoms with van der Waals surface area (Å²) in [4.78, 5) is 15.7. The van der Waals surface area contributed by atoms with E-state index in [1.165, 1.54) is 0 Å². The fourth-order valence-corrected chi connectivity index (χ4v) is 1.50. The number of aryl methyl sites for hydroxylation is 1. The Balaban J connectivity index is 1.86. The zero-order valence-electron chi connectivity index (χ0n) is 10.6. The van der Waals surface area contributed by atoms with Crippen LogP contribution in [-0.2, 0) is 4.79 Å². The van der Waals surface area contributed by atoms with E-state index in [9.17, 15) is 4.79 Å². The quantitative estimate of drug-likeness (QED) is 0.821. The number of amides is 1. The number of benzene rings is 1. The number of hydrogen-bond acceptors (Lipinski definition) is 4. The van der Waals surface area contributed by atoms with Crippen molar-refractivity contribution in [2.75, 3.05) is 17.7 Å². The second-order valence-electron chi connectivity index (χ2n) is 4.12. The molecule has 3 N–H and O–H groups in total. The highest BCUT2D eigenvalue weighted by Gasteiger charge is 2.04. The van der Waals surface area contributed by atoms with Crippen molar-refractivity contribution < 1.29 is 9.53 Å². The van der Waals surface area contributed by atoms with Crippen LogP contribution in [0, 0.1) is 6.92 Å². The van der Waals surface area contributed by atoms with Gasteiger partial charge in [0.1, 0.15) is 11.6 Å². The predicted molar refractivity (Wildman–Crippen MR) is 74.0 cm³/mol. The van der Waals surface area contributed by atoms with E-state index in [2.05, 4.69) is 10.3 Å². The van der Waals surface area contributed by atoms with Crippen molar-refractivity contribution in [1.29, 1.82) is 0 Å². The van der Waals surface area contributed by atoms with Gasteiger partial charge in [-0.05, 0) is 48.9 Å². The minimum absolute atomic E-state index is 0.0699. The third-order valence-corrected chi connectivity index (χ3v) is 2.43. The minimum atomic E-state index is -0.255. The molecule has 0 atom stereocenters. The van der Waals surface area contributed by atoms with E-state index >= 15 is 0 Å². The van der Waals surface area contributed by atoms with Gasteiger partial charge in [-0.1, -0.05) is 0 Å². The highest BCUT2D eigenvalue weighted by atomic mass is 16.5. The van der Waals surface area contributed by atoms with Crippen molar-refractivity contribution in [3.63, 3.8) is 0 Å². The summed E-state index contributed by atoms with van der Waals surface area (Å²) in [6, 6.07) is 10.5. The number of carbonyl (C=O) groups is 1. The molecule has 0 spiro atoms. The number of rotatable bonds is 4. The number of nitrogens with two attached hydrogens (primary N) is 1. The normalized spacial score (nSPS) is 9.95. The fourth-order valence-electron chi connectivity index (χ4n) is 1.50. The molecule has 0 unspecified atom stereocenters. The summed E-state index contributed by atoms with van der Waals surface area (Å²) in [6.45, 7) is 1.86. The zero-order valence-corrected chi connectivity index (χ0v) is 10.6. The van der Waals surface area contributed by atoms with Crippen molar-refractivity contribution in [2.24, 2.45) is 0 Å². The van der Waals surface area contributed by atoms with Crippen LogP contribution in [0.2, 0.25) is 0 Å². The van der Waals surface area contributed by atoms with Gasteiger partial charge in [-0.15, -0.1) is 0 Å². The lowest BCUT2D eigenvalue weighted by Crippen LogP contribution is -2.20. The maximum absolute atomic E-state index is 11.7. The standard InChI is InChI=1S/C14H15N3O2/c1-10-6-7-16-13(8-10)17-14(18)9-19-12-4-2-11(15)3-5-12/h2-8H,9,15H2,1H3,(H,16,17,18). The first-order valence-corrected chi connectivity index (χ1v) is 5.84. The van der Waals surface area contributed by atoms with Gasteiger partial charge in [0, 0.05) is 11.9 Å². The molecule has 1 aromatic carbocycles. The first kappa shape index (κ1) is 12.9. The van der Waals surface area contributed by atoms with Gasteiger partial charge in [-0.25, -0.2) is 4.98 Å². The molecule has 0 aliphatic rings. The highest BCUT2D eigenvalue weighted by molar-refractivity contribution is 5.91. The van der Waals surface area contributed by atoms with E-state index in [1.54, 1.807) is 36.5 Å². The molecule has 0 radical (unpaired) electrons. The maximum Gasteiger partial charge on any atom is 0.263 e. The molecule has 2 aromatic rings. The zero-order chi connectivity index (χ0) is 13.7. The molecule has 98 valence electrons. The Bertz CT molecular complexity index is 567. The molecule has 5 nitrogen and oxygen atoms in total. The second-order valence-corrected chi connectivity index (χ2v) is 4.12. The lowest BCUT2D eigenvalue weighted by atomic mass is 10.3. The first-order chi connectivity index (χ1) is 9.13. The van der Waals surface area contributed by atoms with E-state index in [4.69, 9.17) is 10.5 Å². The van der Waals surface area contributed by atoms with Crippen LogP contribution in [0.3, 0.4) is 0 Å². The number of anilines is 2. The summed E-state index contributed by atoms with van der Waals surface area (Å²) in [5, 5.41) is 2.66. The monoisotopic (exact) mass is 257 g/mol. The molecule has 19 heavy (non-hydrogen) atoms. The number of carbonyl (C=O) groups excluding carboxylic acids is 1. The van der Waals surface area contributed by atoms with Gasteiger partial charge in [0.15, 0.2) is 6.61 Å². The predicted octanol–water partition coefficient (Wildman–Crippen LogP) is 1.99. The Morgan fingerprint density at radius 3 is 2.74 bits per heavy atom. The lowest BCUT2D eigenvalue weighted by molar-refractivity contribution is -0.118. The summed E-state index contributed by atoms with van der Waals surface area (Å²) in [6.07, 6.45) is 1.64. The van der Waals surface area contributed by atoms with Gasteiger partial charge >= 0.3 is 0 Å². The number of nitrogens with zero attached hydrogens (tertiary/aromatic N) is 1. The average Bonchev–Trinajstić information content (AvgIpc) is 2.38. The van der Waals surface area contributed by atoms with Crippen LogP contribution in [0.5, 0.6) is 5.75 Å². The third kappa shape index (κ3) is 3.99. The highest BCUT2D eigenvalue weighted by Crippen LogP contribution is 2.13. The van der Waals surface area contributed by atoms with Crippen molar-refractivity contribution >= 4 is 17.4 Å². The van der Waals surface area contributed by atoms with Crippen molar-refractivity contribution in [1.82, 2.24) is 4.98 Å². The number of nitrogen functional groups attached to an aromatic ring is 1. The Morgan fingerprint density at radius 1 is 1.32 bits per heavy atom. The van der Waals surface area contributed by atoms with Gasteiger partial charge in [-0.3, -0.25) is 4.79 Å². The number of aromatic nitrogens is 1. The third-order valence-electron chi connectivity index (χ3n) is 2.43. The van der Waals surface area contributed by atoms with E-state index in [-0.39, 0.29) is 12.5 Å². The number of ether oxygens (including phenoxy) is 1. The average molecular weight is 257 g/mol. The number of pyridine rings is 1. The Hall–Kier alpha value is -2.56. The summed E-state index contributed by atoms with van der Waals surface area (Å²) >= 11 is 0. The summed E-state index contributed by atoms with van der Waals surface area (Å²) in [5.41, 5.74) is 7.24. The Labute approximate surface area is 111 Å². The molecule has 0 saturated heterocycles. The molecular formula is C14H15N3O2. The van der Waals surface area contributed by atoms with Gasteiger partial charge in [0.05, 0.1) is 0 Å². The van der Waals surface area contributed by atoms with E-state index < -0.39 is 0 Å². The smallest absolute Gasteiger partial charge is 0.263 e. The van der Waals surface area contributed by atoms with Crippen LogP contribution < -0.4 is 15.8 Å². The van der Waals surface area contributed by atoms with Crippen LogP contribution in [-0.4, -0.2) is 17.5 Å². The van der Waals surface area contributed by atoms with E-state index in [0.717, 1.165) is 5.56 Å². The second kappa shape index (κ2) is 5.86. The molecule has 0 aliphatic heterocycles. The number of nitrogens with one attached hydrogen (secondary N) is 1. The van der Waals surface area contributed by atoms with E-state index in [0.29, 0.717) is 17.3 Å². The van der Waals surface area contributed by atoms with Crippen molar-refractivity contribution in [2.45, 2.75) is 6.92 Å². The van der Waals surface area contributed by atoms with Gasteiger partial charge < -0.3 is 15.8 Å². The fraction of sp³-hybridized carbons (Fsp3) is 0.143. The van der Waals surface area contributed by atoms with Crippen molar-refractivity contribution in [3.05, 3.63) is 48.2 Å². The molecule has 0 aliphatic carbocycles. The molecule has 2 rings (SSSR count). The van der Waals surface area contributed by atoms with Crippen LogP contribution in [0.15, 0.2) is 42.6 Å². The molecule has 1 heterocycles. The minimum Gasteiger partial charge on any atom is -0.484 e. The Morgan fingerprint density at radius 2 is 2.05 bits per heavy atom. The largest absolute Gasteiger partial charge is 0.484 e. The Kier molecular flexibility index (Phi) is 3.97. The van der Waals surface area contributed by atoms with Gasteiger partial charge in [0.2, 0.25) is 0 Å². The van der Waals surface area contributed by atoms with Crippen molar-refractivity contribution in [3.8, 4) is 5.75 Å². The first-order valence-electron chi connectivity index (χ1n) is 5.84. The van der Waals surface area contributed by atoms with Crippen LogP contribution in [0.25, 0.3) is 0 Å². The SMILES string of the molecule is Cc1ccnc(NC(=O)COc2ccc(N)cc2)c1. The molecule has 0 bridgehead atoms. The molecule has 5 heteroatoms. The van der Waals surface area contributed by atoms with Gasteiger partial charge in [-0.2, -0.15) is 0 Å². The molecule has 1 aromatic heterocycles. The summed E-state index contributed by atoms with van der Waals surface area (Å²) in [7, 11) is 0. The van der Waals surface area contributed by atoms with Gasteiger partial charge in [0.25, 0.3) is 5.91 Å². The molecule has 0 saturated carbocycles. The van der Waals surface area contributed by atoms with E-state index in [1.807, 2.05) is 13.0 Å². The molecule has 1 amide bonds. The van der Waals surface area contributed by atoms with Crippen LogP contribution in [0.1, 0.15) is 5.56 Å². The number of hydrogen-bond donors (Lipinski definition) is 2. The maximum atomic E-state index is 11.7.